The van der Waals surface area contributed by atoms with Crippen LogP contribution in [0.2, 0.25) is 0 Å². The lowest BCUT2D eigenvalue weighted by Gasteiger charge is -2.12. The van der Waals surface area contributed by atoms with E-state index in [1.54, 1.807) is 68.4 Å². The zero-order valence-corrected chi connectivity index (χ0v) is 41.1. The molecular formula is C41H36N10O16S5. The van der Waals surface area contributed by atoms with Crippen molar-refractivity contribution >= 4 is 133 Å². The number of pyridine rings is 1. The van der Waals surface area contributed by atoms with Gasteiger partial charge in [-0.25, -0.2) is 20.5 Å². The lowest BCUT2D eigenvalue weighted by Crippen LogP contribution is -2.15. The number of aryl methyl sites for hydroxylation is 1. The van der Waals surface area contributed by atoms with E-state index in [4.69, 9.17) is 29.9 Å². The number of aromatic hydroxyl groups is 2. The Morgan fingerprint density at radius 2 is 1.51 bits per heavy atom. The Kier molecular flexibility index (Phi) is 16.7. The predicted octanol–water partition coefficient (Wildman–Crippen LogP) is 10.6. The van der Waals surface area contributed by atoms with E-state index in [1.807, 2.05) is 0 Å². The summed E-state index contributed by atoms with van der Waals surface area (Å²) in [6.45, 7) is 3.11. The lowest BCUT2D eigenvalue weighted by atomic mass is 10.1. The van der Waals surface area contributed by atoms with Gasteiger partial charge in [-0.2, -0.15) is 21.9 Å². The molecule has 0 saturated carbocycles. The number of carbonyl (C=O) groups is 1. The van der Waals surface area contributed by atoms with E-state index >= 15 is 0 Å². The van der Waals surface area contributed by atoms with Gasteiger partial charge in [0.25, 0.3) is 26.1 Å². The van der Waals surface area contributed by atoms with E-state index in [1.165, 1.54) is 40.0 Å². The van der Waals surface area contributed by atoms with E-state index in [0.717, 1.165) is 16.7 Å². The molecule has 0 atom stereocenters. The molecule has 1 amide bonds. The predicted molar refractivity (Wildman–Crippen MR) is 262 cm³/mol. The maximum absolute atomic E-state index is 12.6. The molecule has 5 aromatic carbocycles. The number of imidazole rings is 1. The molecule has 0 aliphatic carbocycles. The Hall–Kier alpha value is -6.85. The highest BCUT2D eigenvalue weighted by molar-refractivity contribution is 7.95. The first kappa shape index (κ1) is 53.0. The fourth-order valence-corrected chi connectivity index (χ4v) is 9.01. The number of benzene rings is 5. The first-order chi connectivity index (χ1) is 34.2. The third kappa shape index (κ3) is 13.0. The topological polar surface area (TPSA) is 383 Å². The molecule has 0 fully saturated rings. The summed E-state index contributed by atoms with van der Waals surface area (Å²) >= 11 is 2.51. The number of primary amides is 1. The highest BCUT2D eigenvalue weighted by atomic mass is 32.2. The lowest BCUT2D eigenvalue weighted by molar-refractivity contribution is -0.432. The number of hydrogen-bond acceptors (Lipinski definition) is 25. The van der Waals surface area contributed by atoms with Gasteiger partial charge in [-0.15, -0.1) is 34.2 Å². The average molecular weight is 1090 g/mol. The van der Waals surface area contributed by atoms with Gasteiger partial charge < -0.3 is 20.7 Å². The van der Waals surface area contributed by atoms with Crippen molar-refractivity contribution in [1.29, 1.82) is 0 Å². The van der Waals surface area contributed by atoms with Crippen LogP contribution in [0.1, 0.15) is 27.9 Å². The largest absolute Gasteiger partial charge is 0.505 e. The van der Waals surface area contributed by atoms with Gasteiger partial charge in [0.1, 0.15) is 22.8 Å². The molecule has 0 radical (unpaired) electrons. The quantitative estimate of drug-likeness (QED) is 0.0105. The van der Waals surface area contributed by atoms with Crippen molar-refractivity contribution in [2.75, 3.05) is 18.6 Å². The molecule has 72 heavy (non-hydrogen) atoms. The number of nitrogens with zero attached hydrogens (tertiary/aromatic N) is 9. The van der Waals surface area contributed by atoms with Crippen molar-refractivity contribution in [1.82, 2.24) is 14.4 Å². The summed E-state index contributed by atoms with van der Waals surface area (Å²) in [6.07, 6.45) is 0.632. The maximum atomic E-state index is 12.6. The summed E-state index contributed by atoms with van der Waals surface area (Å²) in [4.78, 5) is 22.3. The Labute approximate surface area is 418 Å². The SMILES string of the molecule is CS(=O)(=O)O.Cc1cc(N=Nc2c(SOOO)cc3cc(N=Nc4c(C)c(C(N)=O)c5nc6ccccc6n5c4O)ccc3c2O)c(OCCCS(=O)(=O)O)cc1N=Nc1nc2ccc(SOOO)cc2s1. The monoisotopic (exact) mass is 1080 g/mol. The fourth-order valence-electron chi connectivity index (χ4n) is 6.73. The summed E-state index contributed by atoms with van der Waals surface area (Å²) in [5.74, 6) is -1.97. The molecule has 3 aromatic heterocycles. The van der Waals surface area contributed by atoms with Crippen LogP contribution < -0.4 is 10.5 Å². The normalized spacial score (nSPS) is 12.3. The van der Waals surface area contributed by atoms with Gasteiger partial charge in [0.15, 0.2) is 11.4 Å². The second kappa shape index (κ2) is 22.7. The number of hydrogen-bond donors (Lipinski definition) is 7. The van der Waals surface area contributed by atoms with Gasteiger partial charge in [-0.05, 0) is 97.4 Å². The van der Waals surface area contributed by atoms with Crippen LogP contribution in [0, 0.1) is 13.8 Å². The van der Waals surface area contributed by atoms with Gasteiger partial charge in [0, 0.05) is 16.3 Å². The molecule has 3 heterocycles. The highest BCUT2D eigenvalue weighted by Gasteiger charge is 2.24. The number of thiazole rings is 1. The number of azo groups is 3. The van der Waals surface area contributed by atoms with Crippen LogP contribution in [0.15, 0.2) is 119 Å². The number of carbonyl (C=O) groups excluding carboxylic acids is 1. The number of phenolic OH excluding ortho intramolecular Hbond substituents is 1. The Morgan fingerprint density at radius 1 is 0.806 bits per heavy atom. The van der Waals surface area contributed by atoms with Crippen LogP contribution >= 0.6 is 35.4 Å². The minimum absolute atomic E-state index is 0.0360. The smallest absolute Gasteiger partial charge is 0.264 e. The molecule has 0 unspecified atom stereocenters. The Morgan fingerprint density at radius 3 is 2.24 bits per heavy atom. The first-order valence-corrected chi connectivity index (χ1v) is 25.8. The van der Waals surface area contributed by atoms with Crippen LogP contribution in [-0.4, -0.2) is 85.6 Å². The minimum Gasteiger partial charge on any atom is -0.505 e. The Bertz CT molecular complexity index is 3700. The number of ether oxygens (including phenoxy) is 1. The molecule has 0 aliphatic heterocycles. The van der Waals surface area contributed by atoms with Gasteiger partial charge in [-0.3, -0.25) is 18.3 Å². The van der Waals surface area contributed by atoms with Crippen molar-refractivity contribution in [3.05, 3.63) is 95.6 Å². The van der Waals surface area contributed by atoms with Gasteiger partial charge >= 0.3 is 0 Å². The molecule has 0 spiro atoms. The average Bonchev–Trinajstić information content (AvgIpc) is 3.91. The fraction of sp³-hybridized carbons (Fsp3) is 0.146. The molecule has 31 heteroatoms. The maximum Gasteiger partial charge on any atom is 0.264 e. The van der Waals surface area contributed by atoms with E-state index in [2.05, 4.69) is 55.1 Å². The van der Waals surface area contributed by atoms with E-state index < -0.39 is 31.9 Å². The van der Waals surface area contributed by atoms with Crippen LogP contribution in [0.4, 0.5) is 33.6 Å². The van der Waals surface area contributed by atoms with Crippen molar-refractivity contribution in [2.45, 2.75) is 30.1 Å². The summed E-state index contributed by atoms with van der Waals surface area (Å²) in [5.41, 5.74) is 8.95. The van der Waals surface area contributed by atoms with Crippen LogP contribution in [0.5, 0.6) is 17.4 Å². The molecule has 26 nitrogen and oxygen atoms in total. The number of fused-ring (bicyclic) bond motifs is 5. The number of para-hydroxylation sites is 2. The summed E-state index contributed by atoms with van der Waals surface area (Å²) in [5, 5.41) is 74.9. The van der Waals surface area contributed by atoms with E-state index in [9.17, 15) is 36.4 Å². The Balaban J connectivity index is 0.00000145. The van der Waals surface area contributed by atoms with Gasteiger partial charge in [-0.1, -0.05) is 33.5 Å². The third-order valence-electron chi connectivity index (χ3n) is 9.73. The first-order valence-electron chi connectivity index (χ1n) is 20.1. The zero-order chi connectivity index (χ0) is 51.9. The molecule has 0 bridgehead atoms. The molecule has 0 aliphatic rings. The number of aromatic nitrogens is 3. The van der Waals surface area contributed by atoms with Crippen molar-refractivity contribution in [3.63, 3.8) is 0 Å². The number of phenols is 1. The molecule has 0 saturated heterocycles. The highest BCUT2D eigenvalue weighted by Crippen LogP contribution is 2.46. The standard InChI is InChI=1S/C40H32N10O13S4.CH4O3S/c1-19-14-28(30(59-12-5-13-67(56,57)58)18-27(19)45-49-40-43-26-11-9-23(65-62-60-54)17-31(26)64-40)46-48-35-32(66-63-61-55)16-21-15-22(8-10-24(21)36(35)51)44-47-34-20(2)33(37(41)52)38-42-25-6-3-4-7-29(25)50(38)39(34)53;1-5(2,3)4/h3-4,6-11,14-18,51,53-55H,5,12-13H2,1-2H3,(H2,41,52)(H,56,57,58);1H3,(H,2,3,4). The van der Waals surface area contributed by atoms with E-state index in [-0.39, 0.29) is 80.2 Å². The third-order valence-corrected chi connectivity index (χ3v) is 12.6. The van der Waals surface area contributed by atoms with Crippen LogP contribution in [0.3, 0.4) is 0 Å². The second-order valence-electron chi connectivity index (χ2n) is 14.8. The second-order valence-corrected chi connectivity index (χ2v) is 20.3. The van der Waals surface area contributed by atoms with Crippen LogP contribution in [0.25, 0.3) is 37.7 Å². The van der Waals surface area contributed by atoms with Crippen molar-refractivity contribution in [2.24, 2.45) is 36.4 Å². The van der Waals surface area contributed by atoms with Crippen molar-refractivity contribution in [3.8, 4) is 17.4 Å². The zero-order valence-electron chi connectivity index (χ0n) is 37.0. The van der Waals surface area contributed by atoms with Crippen LogP contribution in [-0.2, 0) is 39.0 Å². The molecular weight excluding hydrogens is 1050 g/mol. The summed E-state index contributed by atoms with van der Waals surface area (Å²) in [7, 11) is -7.94. The van der Waals surface area contributed by atoms with E-state index in [0.29, 0.717) is 61.5 Å². The number of amides is 1. The number of nitrogens with two attached hydrogens (primary N) is 1. The number of rotatable bonds is 18. The molecule has 8 N–H and O–H groups in total. The van der Waals surface area contributed by atoms with Gasteiger partial charge in [0.05, 0.1) is 85.8 Å². The van der Waals surface area contributed by atoms with Crippen molar-refractivity contribution < 1.29 is 74.9 Å². The van der Waals surface area contributed by atoms with Gasteiger partial charge in [0.2, 0.25) is 11.0 Å². The summed E-state index contributed by atoms with van der Waals surface area (Å²) < 4.78 is 75.2. The summed E-state index contributed by atoms with van der Waals surface area (Å²) in [6, 6.07) is 21.4. The molecule has 376 valence electrons. The molecule has 8 rings (SSSR count). The minimum atomic E-state index is -4.28. The molecule has 8 aromatic rings.